The van der Waals surface area contributed by atoms with E-state index in [1.807, 2.05) is 30.3 Å². The van der Waals surface area contributed by atoms with Gasteiger partial charge in [0.15, 0.2) is 0 Å². The van der Waals surface area contributed by atoms with Gasteiger partial charge in [-0.15, -0.1) is 0 Å². The second kappa shape index (κ2) is 4.84. The number of hydrogen-bond acceptors (Lipinski definition) is 3. The topological polar surface area (TPSA) is 38.3 Å². The summed E-state index contributed by atoms with van der Waals surface area (Å²) >= 11 is 0. The average molecular weight is 285 g/mol. The fourth-order valence-electron chi connectivity index (χ4n) is 5.38. The van der Waals surface area contributed by atoms with Crippen molar-refractivity contribution in [2.45, 2.75) is 43.7 Å². The van der Waals surface area contributed by atoms with Gasteiger partial charge in [0.05, 0.1) is 5.56 Å². The maximum absolute atomic E-state index is 12.4. The molecular formula is C18H23NO2. The summed E-state index contributed by atoms with van der Waals surface area (Å²) in [5.74, 6) is 1.99. The highest BCUT2D eigenvalue weighted by molar-refractivity contribution is 5.89. The van der Waals surface area contributed by atoms with Gasteiger partial charge < -0.3 is 10.1 Å². The van der Waals surface area contributed by atoms with Crippen LogP contribution >= 0.6 is 0 Å². The number of esters is 1. The van der Waals surface area contributed by atoms with E-state index >= 15 is 0 Å². The maximum atomic E-state index is 12.4. The van der Waals surface area contributed by atoms with Gasteiger partial charge in [0.1, 0.15) is 5.60 Å². The van der Waals surface area contributed by atoms with Crippen LogP contribution < -0.4 is 5.32 Å². The third kappa shape index (κ3) is 2.18. The SMILES string of the molecule is CNC1C2CC3CC1CC(OC(=O)c1ccccc1)(C3)C2. The summed E-state index contributed by atoms with van der Waals surface area (Å²) < 4.78 is 6.06. The van der Waals surface area contributed by atoms with Crippen LogP contribution in [0.3, 0.4) is 0 Å². The van der Waals surface area contributed by atoms with Crippen molar-refractivity contribution < 1.29 is 9.53 Å². The first-order valence-electron chi connectivity index (χ1n) is 8.15. The average Bonchev–Trinajstić information content (AvgIpc) is 2.47. The lowest BCUT2D eigenvalue weighted by Gasteiger charge is -2.59. The fourth-order valence-corrected chi connectivity index (χ4v) is 5.38. The minimum Gasteiger partial charge on any atom is -0.455 e. The summed E-state index contributed by atoms with van der Waals surface area (Å²) in [7, 11) is 2.08. The molecule has 21 heavy (non-hydrogen) atoms. The number of ether oxygens (including phenoxy) is 1. The standard InChI is InChI=1S/C18H23NO2/c1-19-16-14-7-12-8-15(16)11-18(9-12,10-14)21-17(20)13-5-3-2-4-6-13/h2-6,12,14-16,19H,7-11H2,1H3. The molecule has 4 aliphatic rings. The van der Waals surface area contributed by atoms with Crippen LogP contribution in [-0.4, -0.2) is 24.7 Å². The molecule has 0 aliphatic heterocycles. The van der Waals surface area contributed by atoms with E-state index in [1.165, 1.54) is 12.8 Å². The number of benzene rings is 1. The quantitative estimate of drug-likeness (QED) is 0.868. The van der Waals surface area contributed by atoms with E-state index in [4.69, 9.17) is 4.74 Å². The molecule has 1 aromatic rings. The van der Waals surface area contributed by atoms with E-state index in [9.17, 15) is 4.79 Å². The van der Waals surface area contributed by atoms with Gasteiger partial charge in [-0.2, -0.15) is 0 Å². The zero-order chi connectivity index (χ0) is 14.4. The molecule has 0 radical (unpaired) electrons. The lowest BCUT2D eigenvalue weighted by atomic mass is 9.52. The van der Waals surface area contributed by atoms with Crippen LogP contribution in [0, 0.1) is 17.8 Å². The van der Waals surface area contributed by atoms with Gasteiger partial charge >= 0.3 is 5.97 Å². The van der Waals surface area contributed by atoms with Crippen molar-refractivity contribution >= 4 is 5.97 Å². The van der Waals surface area contributed by atoms with Crippen LogP contribution in [0.1, 0.15) is 42.5 Å². The molecule has 4 bridgehead atoms. The van der Waals surface area contributed by atoms with Crippen molar-refractivity contribution in [3.63, 3.8) is 0 Å². The second-order valence-electron chi connectivity index (χ2n) is 7.22. The smallest absolute Gasteiger partial charge is 0.338 e. The molecule has 3 nitrogen and oxygen atoms in total. The van der Waals surface area contributed by atoms with E-state index in [0.717, 1.165) is 25.2 Å². The summed E-state index contributed by atoms with van der Waals surface area (Å²) in [4.78, 5) is 12.4. The molecule has 112 valence electrons. The molecule has 4 saturated carbocycles. The largest absolute Gasteiger partial charge is 0.455 e. The van der Waals surface area contributed by atoms with Crippen molar-refractivity contribution in [2.75, 3.05) is 7.05 Å². The lowest BCUT2D eigenvalue weighted by Crippen LogP contribution is -2.61. The first kappa shape index (κ1) is 13.3. The van der Waals surface area contributed by atoms with Gasteiger partial charge in [-0.1, -0.05) is 18.2 Å². The Labute approximate surface area is 126 Å². The summed E-state index contributed by atoms with van der Waals surface area (Å²) in [5.41, 5.74) is 0.495. The van der Waals surface area contributed by atoms with Crippen molar-refractivity contribution in [3.8, 4) is 0 Å². The van der Waals surface area contributed by atoms with Crippen molar-refractivity contribution in [2.24, 2.45) is 17.8 Å². The van der Waals surface area contributed by atoms with E-state index in [0.29, 0.717) is 23.4 Å². The van der Waals surface area contributed by atoms with Crippen molar-refractivity contribution in [1.82, 2.24) is 5.32 Å². The highest BCUT2D eigenvalue weighted by Crippen LogP contribution is 2.57. The molecule has 0 heterocycles. The Kier molecular flexibility index (Phi) is 3.07. The van der Waals surface area contributed by atoms with Gasteiger partial charge in [-0.05, 0) is 69.0 Å². The molecule has 1 N–H and O–H groups in total. The molecule has 2 atom stereocenters. The van der Waals surface area contributed by atoms with Crippen molar-refractivity contribution in [3.05, 3.63) is 35.9 Å². The summed E-state index contributed by atoms with van der Waals surface area (Å²) in [6.45, 7) is 0. The lowest BCUT2D eigenvalue weighted by molar-refractivity contribution is -0.143. The minimum absolute atomic E-state index is 0.140. The Morgan fingerprint density at radius 3 is 2.43 bits per heavy atom. The predicted octanol–water partition coefficient (Wildman–Crippen LogP) is 3.01. The molecule has 4 aliphatic carbocycles. The molecule has 3 heteroatoms. The van der Waals surface area contributed by atoms with E-state index in [1.54, 1.807) is 0 Å². The summed E-state index contributed by atoms with van der Waals surface area (Å²) in [5, 5.41) is 3.51. The van der Waals surface area contributed by atoms with E-state index < -0.39 is 0 Å². The highest BCUT2D eigenvalue weighted by atomic mass is 16.6. The van der Waals surface area contributed by atoms with E-state index in [2.05, 4.69) is 12.4 Å². The molecule has 0 saturated heterocycles. The van der Waals surface area contributed by atoms with Crippen LogP contribution in [0.2, 0.25) is 0 Å². The van der Waals surface area contributed by atoms with Gasteiger partial charge in [-0.3, -0.25) is 0 Å². The highest BCUT2D eigenvalue weighted by Gasteiger charge is 2.56. The summed E-state index contributed by atoms with van der Waals surface area (Å²) in [6.07, 6.45) is 5.79. The molecule has 2 unspecified atom stereocenters. The second-order valence-corrected chi connectivity index (χ2v) is 7.22. The Morgan fingerprint density at radius 2 is 1.81 bits per heavy atom. The monoisotopic (exact) mass is 285 g/mol. The normalized spacial score (nSPS) is 40.2. The number of carbonyl (C=O) groups excluding carboxylic acids is 1. The first-order valence-corrected chi connectivity index (χ1v) is 8.15. The van der Waals surface area contributed by atoms with Crippen LogP contribution in [-0.2, 0) is 4.74 Å². The summed E-state index contributed by atoms with van der Waals surface area (Å²) in [6, 6.07) is 10.0. The van der Waals surface area contributed by atoms with Crippen LogP contribution in [0.25, 0.3) is 0 Å². The maximum Gasteiger partial charge on any atom is 0.338 e. The van der Waals surface area contributed by atoms with Crippen molar-refractivity contribution in [1.29, 1.82) is 0 Å². The molecule has 1 aromatic carbocycles. The first-order chi connectivity index (χ1) is 10.2. The number of nitrogens with one attached hydrogen (secondary N) is 1. The number of rotatable bonds is 3. The third-order valence-electron chi connectivity index (χ3n) is 5.87. The predicted molar refractivity (Wildman–Crippen MR) is 81.0 cm³/mol. The third-order valence-corrected chi connectivity index (χ3v) is 5.87. The Balaban J connectivity index is 1.55. The van der Waals surface area contributed by atoms with Gasteiger partial charge in [-0.25, -0.2) is 4.79 Å². The van der Waals surface area contributed by atoms with Gasteiger partial charge in [0.2, 0.25) is 0 Å². The van der Waals surface area contributed by atoms with E-state index in [-0.39, 0.29) is 11.6 Å². The number of hydrogen-bond donors (Lipinski definition) is 1. The molecule has 0 aromatic heterocycles. The van der Waals surface area contributed by atoms with Crippen LogP contribution in [0.5, 0.6) is 0 Å². The van der Waals surface area contributed by atoms with Gasteiger partial charge in [0, 0.05) is 6.04 Å². The molecular weight excluding hydrogens is 262 g/mol. The molecule has 0 spiro atoms. The Hall–Kier alpha value is -1.35. The minimum atomic E-state index is -0.184. The zero-order valence-electron chi connectivity index (χ0n) is 12.5. The Morgan fingerprint density at radius 1 is 1.14 bits per heavy atom. The zero-order valence-corrected chi connectivity index (χ0v) is 12.5. The van der Waals surface area contributed by atoms with Crippen LogP contribution in [0.15, 0.2) is 30.3 Å². The van der Waals surface area contributed by atoms with Gasteiger partial charge in [0.25, 0.3) is 0 Å². The van der Waals surface area contributed by atoms with Crippen LogP contribution in [0.4, 0.5) is 0 Å². The molecule has 0 amide bonds. The molecule has 5 rings (SSSR count). The Bertz CT molecular complexity index is 525. The molecule has 4 fully saturated rings. The number of carbonyl (C=O) groups is 1. The fraction of sp³-hybridized carbons (Fsp3) is 0.611.